The number of hydrogen-bond acceptors (Lipinski definition) is 5. The molecule has 0 radical (unpaired) electrons. The zero-order valence-electron chi connectivity index (χ0n) is 14.2. The van der Waals surface area contributed by atoms with Crippen LogP contribution in [0.15, 0.2) is 53.6 Å². The molecule has 0 spiro atoms. The molecule has 0 aliphatic heterocycles. The number of hydrogen-bond donors (Lipinski definition) is 2. The van der Waals surface area contributed by atoms with Crippen molar-refractivity contribution in [1.82, 2.24) is 9.97 Å². The lowest BCUT2D eigenvalue weighted by Gasteiger charge is -2.13. The van der Waals surface area contributed by atoms with Gasteiger partial charge in [-0.15, -0.1) is 0 Å². The highest BCUT2D eigenvalue weighted by molar-refractivity contribution is 7.92. The summed E-state index contributed by atoms with van der Waals surface area (Å²) in [4.78, 5) is 8.26. The average Bonchev–Trinajstić information content (AvgIpc) is 2.57. The van der Waals surface area contributed by atoms with E-state index in [-0.39, 0.29) is 16.7 Å². The number of pyridine rings is 2. The number of benzene rings is 1. The van der Waals surface area contributed by atoms with Crippen molar-refractivity contribution in [2.24, 2.45) is 0 Å². The zero-order chi connectivity index (χ0) is 18.9. The normalized spacial score (nSPS) is 11.3. The Hall–Kier alpha value is -2.64. The van der Waals surface area contributed by atoms with Gasteiger partial charge < -0.3 is 5.73 Å². The molecule has 0 amide bonds. The van der Waals surface area contributed by atoms with Crippen LogP contribution in [0.3, 0.4) is 0 Å². The number of nitrogens with two attached hydrogens (primary N) is 1. The third kappa shape index (κ3) is 3.63. The number of halogens is 1. The minimum absolute atomic E-state index is 0.119. The number of nitrogen functional groups attached to an aromatic ring is 1. The molecule has 134 valence electrons. The first kappa shape index (κ1) is 18.2. The van der Waals surface area contributed by atoms with Gasteiger partial charge in [0.2, 0.25) is 0 Å². The fourth-order valence-electron chi connectivity index (χ4n) is 2.63. The first-order valence-corrected chi connectivity index (χ1v) is 9.62. The largest absolute Gasteiger partial charge is 0.384 e. The summed E-state index contributed by atoms with van der Waals surface area (Å²) in [6, 6.07) is 13.4. The van der Waals surface area contributed by atoms with Crippen molar-refractivity contribution in [3.05, 3.63) is 64.7 Å². The Balaban J connectivity index is 2.03. The maximum absolute atomic E-state index is 12.5. The Kier molecular flexibility index (Phi) is 4.84. The summed E-state index contributed by atoms with van der Waals surface area (Å²) in [6.45, 7) is 3.90. The molecule has 0 bridgehead atoms. The number of nitrogens with zero attached hydrogens (tertiary/aromatic N) is 2. The molecule has 8 heteroatoms. The van der Waals surface area contributed by atoms with Gasteiger partial charge in [0.1, 0.15) is 11.6 Å². The summed E-state index contributed by atoms with van der Waals surface area (Å²) in [5.41, 5.74) is 8.95. The minimum atomic E-state index is -3.91. The second kappa shape index (κ2) is 6.93. The molecule has 2 aromatic heterocycles. The maximum Gasteiger partial charge on any atom is 0.280 e. The summed E-state index contributed by atoms with van der Waals surface area (Å²) in [6.07, 6.45) is 0. The van der Waals surface area contributed by atoms with E-state index in [2.05, 4.69) is 14.7 Å². The van der Waals surface area contributed by atoms with E-state index in [0.717, 1.165) is 16.7 Å². The Morgan fingerprint density at radius 1 is 0.962 bits per heavy atom. The summed E-state index contributed by atoms with van der Waals surface area (Å²) in [5.74, 6) is 0.268. The second-order valence-electron chi connectivity index (χ2n) is 5.80. The molecule has 3 rings (SSSR count). The zero-order valence-corrected chi connectivity index (χ0v) is 15.8. The van der Waals surface area contributed by atoms with Gasteiger partial charge in [0.25, 0.3) is 10.0 Å². The van der Waals surface area contributed by atoms with Gasteiger partial charge in [-0.3, -0.25) is 4.72 Å². The number of anilines is 2. The van der Waals surface area contributed by atoms with E-state index in [9.17, 15) is 8.42 Å². The third-order valence-corrected chi connectivity index (χ3v) is 5.38. The van der Waals surface area contributed by atoms with Gasteiger partial charge in [-0.05, 0) is 49.2 Å². The van der Waals surface area contributed by atoms with Crippen molar-refractivity contribution in [2.75, 3.05) is 10.5 Å². The average molecular weight is 389 g/mol. The second-order valence-corrected chi connectivity index (χ2v) is 7.84. The summed E-state index contributed by atoms with van der Waals surface area (Å²) < 4.78 is 27.5. The lowest BCUT2D eigenvalue weighted by molar-refractivity contribution is 0.597. The smallest absolute Gasteiger partial charge is 0.280 e. The van der Waals surface area contributed by atoms with Crippen LogP contribution in [0.5, 0.6) is 0 Å². The van der Waals surface area contributed by atoms with E-state index in [4.69, 9.17) is 17.3 Å². The van der Waals surface area contributed by atoms with Crippen LogP contribution in [0.4, 0.5) is 11.6 Å². The number of aryl methyl sites for hydroxylation is 2. The first-order chi connectivity index (χ1) is 12.3. The highest BCUT2D eigenvalue weighted by Gasteiger charge is 2.18. The van der Waals surface area contributed by atoms with Crippen molar-refractivity contribution >= 4 is 33.3 Å². The van der Waals surface area contributed by atoms with Crippen LogP contribution in [0, 0.1) is 13.8 Å². The molecule has 0 saturated heterocycles. The Morgan fingerprint density at radius 3 is 2.27 bits per heavy atom. The quantitative estimate of drug-likeness (QED) is 0.708. The van der Waals surface area contributed by atoms with Crippen LogP contribution >= 0.6 is 11.6 Å². The fourth-order valence-corrected chi connectivity index (χ4v) is 3.81. The van der Waals surface area contributed by atoms with Gasteiger partial charge in [-0.25, -0.2) is 9.97 Å². The Morgan fingerprint density at radius 2 is 1.62 bits per heavy atom. The van der Waals surface area contributed by atoms with Crippen LogP contribution in [0.1, 0.15) is 11.1 Å². The van der Waals surface area contributed by atoms with Crippen LogP contribution in [-0.2, 0) is 10.0 Å². The van der Waals surface area contributed by atoms with E-state index in [1.54, 1.807) is 6.07 Å². The summed E-state index contributed by atoms with van der Waals surface area (Å²) in [7, 11) is -3.91. The van der Waals surface area contributed by atoms with Gasteiger partial charge in [0, 0.05) is 5.56 Å². The SMILES string of the molecule is Cc1cccc(C)c1-c1nc(NS(=O)(=O)c2cccc(N)n2)ccc1Cl. The van der Waals surface area contributed by atoms with Gasteiger partial charge >= 0.3 is 0 Å². The maximum atomic E-state index is 12.5. The summed E-state index contributed by atoms with van der Waals surface area (Å²) in [5, 5.41) is 0.260. The molecule has 0 fully saturated rings. The van der Waals surface area contributed by atoms with Gasteiger partial charge in [-0.2, -0.15) is 8.42 Å². The molecule has 0 atom stereocenters. The van der Waals surface area contributed by atoms with E-state index >= 15 is 0 Å². The number of rotatable bonds is 4. The number of sulfonamides is 1. The van der Waals surface area contributed by atoms with Crippen molar-refractivity contribution in [3.63, 3.8) is 0 Å². The molecule has 2 heterocycles. The third-order valence-electron chi connectivity index (χ3n) is 3.82. The van der Waals surface area contributed by atoms with E-state index in [1.165, 1.54) is 24.3 Å². The minimum Gasteiger partial charge on any atom is -0.384 e. The fraction of sp³-hybridized carbons (Fsp3) is 0.111. The predicted molar refractivity (Wildman–Crippen MR) is 104 cm³/mol. The molecule has 3 N–H and O–H groups in total. The predicted octanol–water partition coefficient (Wildman–Crippen LogP) is 3.80. The van der Waals surface area contributed by atoms with E-state index < -0.39 is 10.0 Å². The molecular weight excluding hydrogens is 372 g/mol. The Bertz CT molecular complexity index is 1060. The van der Waals surface area contributed by atoms with E-state index in [1.807, 2.05) is 32.0 Å². The molecule has 0 saturated carbocycles. The van der Waals surface area contributed by atoms with Gasteiger partial charge in [0.15, 0.2) is 5.03 Å². The first-order valence-electron chi connectivity index (χ1n) is 7.76. The molecule has 3 aromatic rings. The van der Waals surface area contributed by atoms with Crippen molar-refractivity contribution in [2.45, 2.75) is 18.9 Å². The highest BCUT2D eigenvalue weighted by atomic mass is 35.5. The molecule has 1 aromatic carbocycles. The van der Waals surface area contributed by atoms with E-state index in [0.29, 0.717) is 10.7 Å². The number of nitrogens with one attached hydrogen (secondary N) is 1. The van der Waals surface area contributed by atoms with Crippen molar-refractivity contribution in [1.29, 1.82) is 0 Å². The summed E-state index contributed by atoms with van der Waals surface area (Å²) >= 11 is 6.32. The van der Waals surface area contributed by atoms with Crippen LogP contribution in [0.2, 0.25) is 5.02 Å². The lowest BCUT2D eigenvalue weighted by Crippen LogP contribution is -2.16. The molecule has 0 unspecified atom stereocenters. The molecular formula is C18H17ClN4O2S. The van der Waals surface area contributed by atoms with Gasteiger partial charge in [0.05, 0.1) is 10.7 Å². The van der Waals surface area contributed by atoms with Crippen LogP contribution in [-0.4, -0.2) is 18.4 Å². The standard InChI is InChI=1S/C18H17ClN4O2S/c1-11-5-3-6-12(2)17(11)18-13(19)9-10-15(22-18)23-26(24,25)16-8-4-7-14(20)21-16/h3-10H,1-2H3,(H2,20,21)(H,22,23). The van der Waals surface area contributed by atoms with Gasteiger partial charge in [-0.1, -0.05) is 35.9 Å². The monoisotopic (exact) mass is 388 g/mol. The van der Waals surface area contributed by atoms with Crippen LogP contribution < -0.4 is 10.5 Å². The molecule has 0 aliphatic carbocycles. The lowest BCUT2D eigenvalue weighted by atomic mass is 9.99. The molecule has 6 nitrogen and oxygen atoms in total. The molecule has 0 aliphatic rings. The Labute approximate surface area is 157 Å². The van der Waals surface area contributed by atoms with Crippen molar-refractivity contribution < 1.29 is 8.42 Å². The van der Waals surface area contributed by atoms with Crippen molar-refractivity contribution in [3.8, 4) is 11.3 Å². The number of aromatic nitrogens is 2. The van der Waals surface area contributed by atoms with Crippen LogP contribution in [0.25, 0.3) is 11.3 Å². The topological polar surface area (TPSA) is 98.0 Å². The highest BCUT2D eigenvalue weighted by Crippen LogP contribution is 2.32. The molecule has 26 heavy (non-hydrogen) atoms.